The molecule has 0 atom stereocenters. The Bertz CT molecular complexity index is 956. The van der Waals surface area contributed by atoms with Gasteiger partial charge in [-0.25, -0.2) is 0 Å². The molecule has 182 valence electrons. The van der Waals surface area contributed by atoms with E-state index < -0.39 is 19.1 Å². The largest absolute Gasteiger partial charge is 0.319 e. The van der Waals surface area contributed by atoms with Gasteiger partial charge in [-0.05, 0) is 61.1 Å². The van der Waals surface area contributed by atoms with Crippen molar-refractivity contribution in [2.45, 2.75) is 62.2 Å². The third-order valence-electron chi connectivity index (χ3n) is 7.42. The van der Waals surface area contributed by atoms with Crippen LogP contribution in [0.15, 0.2) is 48.5 Å². The van der Waals surface area contributed by atoms with Gasteiger partial charge >= 0.3 is 8.25 Å². The Morgan fingerprint density at radius 3 is 1.32 bits per heavy atom. The van der Waals surface area contributed by atoms with Crippen molar-refractivity contribution in [1.82, 2.24) is 0 Å². The maximum atomic E-state index is 13.2. The lowest BCUT2D eigenvalue weighted by Crippen LogP contribution is -2.36. The minimum absolute atomic E-state index is 0.117. The van der Waals surface area contributed by atoms with Crippen LogP contribution in [0.2, 0.25) is 10.0 Å². The molecule has 2 aromatic rings. The monoisotopic (exact) mass is 522 g/mol. The van der Waals surface area contributed by atoms with E-state index in [9.17, 15) is 14.2 Å². The van der Waals surface area contributed by atoms with E-state index in [0.29, 0.717) is 10.0 Å². The molecule has 0 aromatic heterocycles. The summed E-state index contributed by atoms with van der Waals surface area (Å²) >= 11 is 12.0. The molecule has 34 heavy (non-hydrogen) atoms. The molecule has 0 aliphatic heterocycles. The van der Waals surface area contributed by atoms with Crippen molar-refractivity contribution in [1.29, 1.82) is 0 Å². The summed E-state index contributed by atoms with van der Waals surface area (Å²) in [4.78, 5) is 26.3. The zero-order valence-electron chi connectivity index (χ0n) is 19.0. The van der Waals surface area contributed by atoms with Crippen LogP contribution >= 0.6 is 31.5 Å². The van der Waals surface area contributed by atoms with Gasteiger partial charge in [-0.1, -0.05) is 73.2 Å². The molecule has 2 saturated carbocycles. The van der Waals surface area contributed by atoms with Crippen molar-refractivity contribution in [3.8, 4) is 0 Å². The summed E-state index contributed by atoms with van der Waals surface area (Å²) in [5.41, 5.74) is 0.519. The van der Waals surface area contributed by atoms with Gasteiger partial charge in [0.2, 0.25) is 0 Å². The number of hydrogen-bond acceptors (Lipinski definition) is 5. The van der Waals surface area contributed by atoms with Gasteiger partial charge in [-0.3, -0.25) is 14.2 Å². The highest BCUT2D eigenvalue weighted by atomic mass is 35.5. The van der Waals surface area contributed by atoms with Gasteiger partial charge < -0.3 is 9.05 Å². The van der Waals surface area contributed by atoms with Crippen LogP contribution < -0.4 is 0 Å². The predicted octanol–water partition coefficient (Wildman–Crippen LogP) is 6.88. The zero-order valence-corrected chi connectivity index (χ0v) is 21.5. The van der Waals surface area contributed by atoms with Gasteiger partial charge in [0.15, 0.2) is 11.6 Å². The fraction of sp³-hybridized carbons (Fsp3) is 0.462. The number of carbonyl (C=O) groups excluding carboxylic acids is 2. The number of carbonyl (C=O) groups is 2. The molecule has 8 heteroatoms. The molecule has 0 N–H and O–H groups in total. The van der Waals surface area contributed by atoms with Gasteiger partial charge in [0.05, 0.1) is 10.8 Å². The fourth-order valence-corrected chi connectivity index (χ4v) is 6.35. The van der Waals surface area contributed by atoms with Gasteiger partial charge in [0.25, 0.3) is 0 Å². The molecule has 0 heterocycles. The molecule has 2 aliphatic carbocycles. The van der Waals surface area contributed by atoms with E-state index in [1.165, 1.54) is 0 Å². The molecular formula is C26H29Cl2O5P. The molecule has 0 saturated heterocycles. The van der Waals surface area contributed by atoms with E-state index in [-0.39, 0.29) is 24.8 Å². The Hall–Kier alpha value is -1.49. The Morgan fingerprint density at radius 2 is 1.00 bits per heavy atom. The standard InChI is InChI=1S/C26H29Cl2O5P/c27-21-9-5-19(6-10-21)25(13-1-2-14-25)23(29)17-32-34(31)33-18-24(30)26(15-3-4-16-26)20-7-11-22(28)12-8-20/h5-12,34H,1-4,13-18H2. The van der Waals surface area contributed by atoms with Crippen LogP contribution in [0, 0.1) is 0 Å². The van der Waals surface area contributed by atoms with Crippen LogP contribution in [0.1, 0.15) is 62.5 Å². The number of halogens is 2. The van der Waals surface area contributed by atoms with Gasteiger partial charge in [-0.2, -0.15) is 0 Å². The van der Waals surface area contributed by atoms with Gasteiger partial charge in [0, 0.05) is 10.0 Å². The fourth-order valence-electron chi connectivity index (χ4n) is 5.52. The normalized spacial score (nSPS) is 18.9. The molecule has 2 aromatic carbocycles. The summed E-state index contributed by atoms with van der Waals surface area (Å²) in [5, 5.41) is 1.23. The quantitative estimate of drug-likeness (QED) is 0.318. The molecule has 0 radical (unpaired) electrons. The number of hydrogen-bond donors (Lipinski definition) is 0. The first-order valence-electron chi connectivity index (χ1n) is 11.7. The van der Waals surface area contributed by atoms with E-state index in [0.717, 1.165) is 62.5 Å². The third kappa shape index (κ3) is 5.34. The molecule has 0 bridgehead atoms. The van der Waals surface area contributed by atoms with E-state index in [1.807, 2.05) is 24.3 Å². The minimum Gasteiger partial charge on any atom is -0.303 e. The maximum Gasteiger partial charge on any atom is 0.319 e. The molecular weight excluding hydrogens is 494 g/mol. The summed E-state index contributed by atoms with van der Waals surface area (Å²) in [6.45, 7) is -0.617. The van der Waals surface area contributed by atoms with Crippen LogP contribution in [0.5, 0.6) is 0 Å². The second kappa shape index (κ2) is 11.1. The number of Topliss-reactive ketones (excluding diaryl/α,β-unsaturated/α-hetero) is 2. The molecule has 0 amide bonds. The summed E-state index contributed by atoms with van der Waals surface area (Å²) in [5.74, 6) is -0.233. The first-order chi connectivity index (χ1) is 16.4. The highest BCUT2D eigenvalue weighted by molar-refractivity contribution is 7.33. The van der Waals surface area contributed by atoms with Crippen LogP contribution in [0.4, 0.5) is 0 Å². The molecule has 2 fully saturated rings. The van der Waals surface area contributed by atoms with Crippen LogP contribution in [0.25, 0.3) is 0 Å². The van der Waals surface area contributed by atoms with Crippen LogP contribution in [-0.4, -0.2) is 24.8 Å². The van der Waals surface area contributed by atoms with Crippen LogP contribution in [-0.2, 0) is 34.0 Å². The Labute approximate surface area is 211 Å². The maximum absolute atomic E-state index is 13.2. The SMILES string of the molecule is O=C(CO[PH](=O)OCC(=O)C1(c2ccc(Cl)cc2)CCCC1)C1(c2ccc(Cl)cc2)CCCC1. The van der Waals surface area contributed by atoms with Crippen LogP contribution in [0.3, 0.4) is 0 Å². The lowest BCUT2D eigenvalue weighted by molar-refractivity contribution is -0.127. The van der Waals surface area contributed by atoms with E-state index in [1.54, 1.807) is 24.3 Å². The first kappa shape index (κ1) is 25.6. The van der Waals surface area contributed by atoms with E-state index >= 15 is 0 Å². The minimum atomic E-state index is -3.00. The Kier molecular flexibility index (Phi) is 8.32. The topological polar surface area (TPSA) is 69.7 Å². The van der Waals surface area contributed by atoms with Crippen molar-refractivity contribution >= 4 is 43.0 Å². The van der Waals surface area contributed by atoms with Gasteiger partial charge in [-0.15, -0.1) is 0 Å². The summed E-state index contributed by atoms with van der Waals surface area (Å²) in [6.07, 6.45) is 6.67. The Morgan fingerprint density at radius 1 is 0.676 bits per heavy atom. The van der Waals surface area contributed by atoms with Gasteiger partial charge in [0.1, 0.15) is 13.2 Å². The van der Waals surface area contributed by atoms with E-state index in [4.69, 9.17) is 32.2 Å². The highest BCUT2D eigenvalue weighted by Gasteiger charge is 2.43. The number of benzene rings is 2. The number of ketones is 2. The highest BCUT2D eigenvalue weighted by Crippen LogP contribution is 2.44. The van der Waals surface area contributed by atoms with Crippen molar-refractivity contribution in [2.75, 3.05) is 13.2 Å². The molecule has 4 rings (SSSR count). The lowest BCUT2D eigenvalue weighted by Gasteiger charge is -2.28. The van der Waals surface area contributed by atoms with Crippen molar-refractivity contribution in [3.05, 3.63) is 69.7 Å². The van der Waals surface area contributed by atoms with E-state index in [2.05, 4.69) is 0 Å². The predicted molar refractivity (Wildman–Crippen MR) is 134 cm³/mol. The lowest BCUT2D eigenvalue weighted by atomic mass is 9.75. The third-order valence-corrected chi connectivity index (χ3v) is 8.68. The second-order valence-electron chi connectivity index (χ2n) is 9.27. The smallest absolute Gasteiger partial charge is 0.303 e. The molecule has 0 unspecified atom stereocenters. The summed E-state index contributed by atoms with van der Waals surface area (Å²) in [7, 11) is -3.00. The van der Waals surface area contributed by atoms with Crippen molar-refractivity contribution in [2.24, 2.45) is 0 Å². The summed E-state index contributed by atoms with van der Waals surface area (Å²) in [6, 6.07) is 14.6. The first-order valence-corrected chi connectivity index (χ1v) is 13.7. The molecule has 5 nitrogen and oxygen atoms in total. The Balaban J connectivity index is 1.35. The average molecular weight is 523 g/mol. The molecule has 2 aliphatic rings. The summed E-state index contributed by atoms with van der Waals surface area (Å²) < 4.78 is 23.1. The van der Waals surface area contributed by atoms with Crippen molar-refractivity contribution < 1.29 is 23.2 Å². The average Bonchev–Trinajstić information content (AvgIpc) is 3.53. The number of rotatable bonds is 10. The molecule has 0 spiro atoms. The zero-order chi connectivity index (χ0) is 24.2. The second-order valence-corrected chi connectivity index (χ2v) is 11.2. The van der Waals surface area contributed by atoms with Crippen molar-refractivity contribution in [3.63, 3.8) is 0 Å².